The van der Waals surface area contributed by atoms with Crippen molar-refractivity contribution in [2.24, 2.45) is 10.8 Å². The van der Waals surface area contributed by atoms with Crippen LogP contribution in [0.2, 0.25) is 0 Å². The van der Waals surface area contributed by atoms with E-state index in [2.05, 4.69) is 62.2 Å². The molecule has 39 heteroatoms. The SMILES string of the molecule is COC(=O)N[C@H](C(=O)N[C@@H](Cc1ccc(C#Cc2cnc(N3CC4CCC(C3)N4C3COC3)nc2)cc1)[C@H](CN(Cc1c(F)cc(-c2ccn(C(F)F)n2)cc1F)NC(=O)[C@@H](NC(=O)OC)C(C)(C)C(F)(F)F)OC(=O)CC(C)(C)c1c(CC(=O)NCC(=O)O)cccc1OP(=O)(O)O)C(C)(C)C(F)(F)F. The Balaban J connectivity index is 1.26. The van der Waals surface area contributed by atoms with Crippen LogP contribution >= 0.6 is 7.82 Å². The fraction of sp³-hybridized carbons (Fsp3) is 0.493. The molecule has 2 bridgehead atoms. The van der Waals surface area contributed by atoms with Crippen LogP contribution in [0.4, 0.5) is 59.4 Å². The summed E-state index contributed by atoms with van der Waals surface area (Å²) in [5.74, 6) is -4.93. The molecule has 8 N–H and O–H groups in total. The number of ether oxygens (including phenoxy) is 4. The summed E-state index contributed by atoms with van der Waals surface area (Å²) >= 11 is 0. The molecule has 3 aliphatic heterocycles. The number of esters is 1. The largest absolute Gasteiger partial charge is 0.524 e. The minimum absolute atomic E-state index is 0.0810. The van der Waals surface area contributed by atoms with Crippen LogP contribution in [0.25, 0.3) is 11.3 Å². The summed E-state index contributed by atoms with van der Waals surface area (Å²) < 4.78 is 190. The van der Waals surface area contributed by atoms with Crippen molar-refractivity contribution in [1.82, 2.24) is 56.4 Å². The zero-order chi connectivity index (χ0) is 78.2. The number of alkyl halides is 8. The molecular formula is C67H77F10N12O16P. The number of nitrogens with zero attached hydrogens (tertiary/aromatic N) is 7. The van der Waals surface area contributed by atoms with Gasteiger partial charge in [0.15, 0.2) is 0 Å². The third-order valence-corrected chi connectivity index (χ3v) is 18.7. The van der Waals surface area contributed by atoms with E-state index < -0.39 is 182 Å². The van der Waals surface area contributed by atoms with Crippen LogP contribution in [0, 0.1) is 34.3 Å². The molecule has 0 spiro atoms. The van der Waals surface area contributed by atoms with Crippen molar-refractivity contribution in [3.63, 3.8) is 0 Å². The zero-order valence-electron chi connectivity index (χ0n) is 58.1. The number of carboxylic acids is 1. The molecule has 576 valence electrons. The van der Waals surface area contributed by atoms with E-state index in [0.29, 0.717) is 106 Å². The number of carbonyl (C=O) groups is 7. The molecule has 2 unspecified atom stereocenters. The normalized spacial score (nSPS) is 17.0. The van der Waals surface area contributed by atoms with E-state index in [0.717, 1.165) is 45.4 Å². The Kier molecular flexibility index (Phi) is 25.8. The van der Waals surface area contributed by atoms with Gasteiger partial charge in [0.25, 0.3) is 5.91 Å². The minimum Gasteiger partial charge on any atom is -0.480 e. The Morgan fingerprint density at radius 3 is 1.84 bits per heavy atom. The molecule has 3 fully saturated rings. The van der Waals surface area contributed by atoms with Crippen molar-refractivity contribution < 1.29 is 120 Å². The first-order chi connectivity index (χ1) is 49.5. The number of anilines is 1. The predicted octanol–water partition coefficient (Wildman–Crippen LogP) is 7.15. The van der Waals surface area contributed by atoms with Gasteiger partial charge in [0, 0.05) is 78.0 Å². The first-order valence-corrected chi connectivity index (χ1v) is 34.1. The van der Waals surface area contributed by atoms with Crippen LogP contribution in [0.5, 0.6) is 5.75 Å². The van der Waals surface area contributed by atoms with Gasteiger partial charge in [-0.1, -0.05) is 50.0 Å². The Morgan fingerprint density at radius 1 is 0.764 bits per heavy atom. The Morgan fingerprint density at radius 2 is 1.33 bits per heavy atom. The summed E-state index contributed by atoms with van der Waals surface area (Å²) in [6.45, 7) is 0.332. The number of hydrogen-bond acceptors (Lipinski definition) is 19. The number of piperazine rings is 1. The van der Waals surface area contributed by atoms with Crippen LogP contribution in [-0.2, 0) is 72.3 Å². The number of hydrogen-bond donors (Lipinski definition) is 8. The Bertz CT molecular complexity index is 4110. The van der Waals surface area contributed by atoms with Crippen molar-refractivity contribution in [2.45, 2.75) is 147 Å². The number of halogens is 10. The van der Waals surface area contributed by atoms with Gasteiger partial charge in [-0.3, -0.25) is 44.1 Å². The number of carbonyl (C=O) groups excluding carboxylic acids is 6. The third kappa shape index (κ3) is 20.5. The van der Waals surface area contributed by atoms with Gasteiger partial charge in [-0.15, -0.1) is 0 Å². The van der Waals surface area contributed by atoms with Crippen molar-refractivity contribution in [1.29, 1.82) is 0 Å². The number of alkyl carbamates (subject to hydrolysis) is 2. The second-order valence-electron chi connectivity index (χ2n) is 27.1. The summed E-state index contributed by atoms with van der Waals surface area (Å²) in [6, 6.07) is 4.59. The second kappa shape index (κ2) is 33.4. The van der Waals surface area contributed by atoms with Crippen LogP contribution in [0.15, 0.2) is 79.3 Å². The molecule has 5 aromatic rings. The standard InChI is InChI=1S/C67H77F10N12O16P/c1-63(2,54-39(25-51(90)78-29-52(91)92)10-9-11-49(54)105-106(98,99)100)26-53(93)104-50(33-87(85-58(95)56(83-62(97)102-8)65(5,6)67(75,76)77)32-44-45(68)23-40(24-46(44)69)47-20-21-88(84-47)59(70)71)48(81-57(94)55(82-61(96)101-7)64(3,4)66(72,73)74)22-37-15-12-36(13-16-37)14-17-38-27-79-60(80-28-38)86-30-41-18-19-42(31-86)89(41)43-34-103-35-43/h9-13,15-16,20-21,23-24,27-28,41-43,48,50,55-56,59H,18-19,22,25-26,29-35H2,1-8H3,(H,78,90)(H,81,94)(H,82,96)(H,83,97)(H,85,95)(H,91,92)(H2,98,99,100)/t41?,42?,48-,50-,55+,56+/m0/s1. The van der Waals surface area contributed by atoms with Crippen LogP contribution < -0.4 is 36.1 Å². The van der Waals surface area contributed by atoms with Gasteiger partial charge in [-0.2, -0.15) is 40.2 Å². The number of rotatable bonds is 29. The average Bonchev–Trinajstić information content (AvgIpc) is 1.55. The lowest BCUT2D eigenvalue weighted by Crippen LogP contribution is -2.64. The molecule has 0 aliphatic carbocycles. The van der Waals surface area contributed by atoms with Gasteiger partial charge in [0.1, 0.15) is 42.1 Å². The molecule has 3 saturated heterocycles. The zero-order valence-corrected chi connectivity index (χ0v) is 59.0. The summed E-state index contributed by atoms with van der Waals surface area (Å²) in [5, 5.41) is 21.3. The minimum atomic E-state index is -5.55. The van der Waals surface area contributed by atoms with Crippen LogP contribution in [0.3, 0.4) is 0 Å². The quantitative estimate of drug-likeness (QED) is 0.00588. The molecule has 28 nitrogen and oxygen atoms in total. The monoisotopic (exact) mass is 1530 g/mol. The fourth-order valence-corrected chi connectivity index (χ4v) is 12.8. The number of hydrazine groups is 1. The Hall–Kier alpha value is -9.67. The predicted molar refractivity (Wildman–Crippen MR) is 352 cm³/mol. The second-order valence-corrected chi connectivity index (χ2v) is 28.2. The summed E-state index contributed by atoms with van der Waals surface area (Å²) in [5.41, 5.74) is -8.14. The highest BCUT2D eigenvalue weighted by atomic mass is 31.2. The lowest BCUT2D eigenvalue weighted by Gasteiger charge is -2.47. The van der Waals surface area contributed by atoms with E-state index >= 15 is 39.9 Å². The fourth-order valence-electron chi connectivity index (χ4n) is 12.4. The van der Waals surface area contributed by atoms with Gasteiger partial charge in [-0.25, -0.2) is 42.6 Å². The van der Waals surface area contributed by atoms with Crippen molar-refractivity contribution in [3.8, 4) is 28.8 Å². The number of methoxy groups -OCH3 is 2. The maximum absolute atomic E-state index is 16.8. The molecule has 2 aromatic heterocycles. The van der Waals surface area contributed by atoms with E-state index in [-0.39, 0.29) is 21.4 Å². The number of benzene rings is 3. The van der Waals surface area contributed by atoms with Gasteiger partial charge < -0.3 is 54.7 Å². The molecule has 5 amide bonds. The first kappa shape index (κ1) is 82.0. The van der Waals surface area contributed by atoms with Gasteiger partial charge in [0.2, 0.25) is 17.8 Å². The third-order valence-electron chi connectivity index (χ3n) is 18.3. The summed E-state index contributed by atoms with van der Waals surface area (Å²) in [4.78, 5) is 129. The number of fused-ring (bicyclic) bond motifs is 2. The van der Waals surface area contributed by atoms with Crippen molar-refractivity contribution in [3.05, 3.63) is 124 Å². The van der Waals surface area contributed by atoms with Gasteiger partial charge in [0.05, 0.1) is 81.0 Å². The van der Waals surface area contributed by atoms with Gasteiger partial charge in [-0.05, 0) is 94.5 Å². The number of nitrogens with one attached hydrogen (secondary N) is 5. The highest BCUT2D eigenvalue weighted by molar-refractivity contribution is 7.46. The summed E-state index contributed by atoms with van der Waals surface area (Å²) in [7, 11) is -4.08. The van der Waals surface area contributed by atoms with Gasteiger partial charge >= 0.3 is 50.8 Å². The van der Waals surface area contributed by atoms with E-state index in [1.54, 1.807) is 5.32 Å². The van der Waals surface area contributed by atoms with E-state index in [9.17, 15) is 57.0 Å². The molecule has 5 heterocycles. The molecule has 0 saturated carbocycles. The molecule has 6 atom stereocenters. The lowest BCUT2D eigenvalue weighted by molar-refractivity contribution is -0.221. The van der Waals surface area contributed by atoms with Crippen molar-refractivity contribution in [2.75, 3.05) is 58.5 Å². The van der Waals surface area contributed by atoms with Crippen molar-refractivity contribution >= 4 is 55.6 Å². The lowest BCUT2D eigenvalue weighted by atomic mass is 9.77. The Labute approximate surface area is 599 Å². The highest BCUT2D eigenvalue weighted by Crippen LogP contribution is 2.46. The number of aliphatic carboxylic acids is 1. The number of aromatic nitrogens is 4. The smallest absolute Gasteiger partial charge is 0.480 e. The van der Waals surface area contributed by atoms with Crippen LogP contribution in [0.1, 0.15) is 101 Å². The molecule has 3 aromatic carbocycles. The molecule has 3 aliphatic rings. The summed E-state index contributed by atoms with van der Waals surface area (Å²) in [6.07, 6.45) is -13.0. The number of phosphoric ester groups is 1. The molecule has 0 radical (unpaired) electrons. The van der Waals surface area contributed by atoms with E-state index in [1.807, 2.05) is 5.32 Å². The maximum Gasteiger partial charge on any atom is 0.524 e. The molecular weight excluding hydrogens is 1450 g/mol. The number of phosphoric acid groups is 1. The maximum atomic E-state index is 16.8. The van der Waals surface area contributed by atoms with E-state index in [4.69, 9.17) is 14.0 Å². The highest BCUT2D eigenvalue weighted by Gasteiger charge is 2.58. The first-order valence-electron chi connectivity index (χ1n) is 32.6. The average molecular weight is 1530 g/mol. The molecule has 8 rings (SSSR count). The molecule has 106 heavy (non-hydrogen) atoms. The number of amides is 5. The topological polar surface area (TPSA) is 357 Å². The van der Waals surface area contributed by atoms with E-state index in [1.165, 1.54) is 62.6 Å². The number of carboxylic acid groups (broad SMARTS) is 1. The van der Waals surface area contributed by atoms with Crippen LogP contribution in [-0.4, -0.2) is 195 Å².